The minimum Gasteiger partial charge on any atom is -0.457 e. The Hall–Kier alpha value is -5.46. The van der Waals surface area contributed by atoms with E-state index >= 15 is 0 Å². The standard InChI is InChI=1S/C30H20F5N3O5/c31-19-4-1-17(2-5-19)27-24(18-3-14-25-26(15-18)43-30(34,35)42-25)16-38(37-27)29(39)36-20-6-8-21(9-7-20)40-22-10-12-23(13-11-22)41-28(32)33/h1-15,28,37H,16H2,(H,36,39). The average Bonchev–Trinajstić information content (AvgIpc) is 3.55. The van der Waals surface area contributed by atoms with E-state index < -0.39 is 24.8 Å². The van der Waals surface area contributed by atoms with E-state index in [9.17, 15) is 26.7 Å². The molecule has 2 N–H and O–H groups in total. The van der Waals surface area contributed by atoms with Gasteiger partial charge < -0.3 is 24.3 Å². The first-order valence-corrected chi connectivity index (χ1v) is 12.7. The van der Waals surface area contributed by atoms with E-state index in [0.717, 1.165) is 0 Å². The first kappa shape index (κ1) is 27.7. The highest BCUT2D eigenvalue weighted by atomic mass is 19.3. The summed E-state index contributed by atoms with van der Waals surface area (Å²) in [6.45, 7) is -2.90. The zero-order valence-corrected chi connectivity index (χ0v) is 21.8. The molecule has 2 amide bonds. The zero-order chi connectivity index (χ0) is 30.1. The molecule has 0 aromatic heterocycles. The van der Waals surface area contributed by atoms with Gasteiger partial charge in [-0.3, -0.25) is 5.43 Å². The summed E-state index contributed by atoms with van der Waals surface area (Å²) in [5.41, 5.74) is 5.53. The topological polar surface area (TPSA) is 81.3 Å². The molecule has 0 aliphatic carbocycles. The van der Waals surface area contributed by atoms with Crippen molar-refractivity contribution in [1.82, 2.24) is 10.4 Å². The van der Waals surface area contributed by atoms with Crippen molar-refractivity contribution in [3.63, 3.8) is 0 Å². The fourth-order valence-corrected chi connectivity index (χ4v) is 4.45. The number of urea groups is 1. The number of carbonyl (C=O) groups excluding carboxylic acids is 1. The molecule has 0 unspecified atom stereocenters. The number of nitrogens with one attached hydrogen (secondary N) is 2. The van der Waals surface area contributed by atoms with Crippen molar-refractivity contribution < 1.29 is 45.7 Å². The lowest BCUT2D eigenvalue weighted by molar-refractivity contribution is -0.286. The lowest BCUT2D eigenvalue weighted by atomic mass is 10.00. The van der Waals surface area contributed by atoms with Crippen LogP contribution in [0.3, 0.4) is 0 Å². The quantitative estimate of drug-likeness (QED) is 0.215. The second-order valence-electron chi connectivity index (χ2n) is 9.29. The van der Waals surface area contributed by atoms with Gasteiger partial charge in [0.05, 0.1) is 12.2 Å². The second kappa shape index (κ2) is 11.1. The summed E-state index contributed by atoms with van der Waals surface area (Å²) in [5.74, 6) is 0.0827. The number of hydrogen-bond donors (Lipinski definition) is 2. The van der Waals surface area contributed by atoms with Crippen molar-refractivity contribution in [3.05, 3.63) is 108 Å². The van der Waals surface area contributed by atoms with Crippen LogP contribution < -0.4 is 29.7 Å². The normalized spacial score (nSPS) is 15.0. The number of nitrogens with zero attached hydrogens (tertiary/aromatic N) is 1. The molecule has 4 aromatic carbocycles. The molecule has 0 saturated carbocycles. The Kier molecular flexibility index (Phi) is 7.14. The van der Waals surface area contributed by atoms with Gasteiger partial charge in [-0.05, 0) is 96.1 Å². The molecular formula is C30H20F5N3O5. The molecule has 0 bridgehead atoms. The van der Waals surface area contributed by atoms with Gasteiger partial charge in [0.25, 0.3) is 0 Å². The highest BCUT2D eigenvalue weighted by molar-refractivity contribution is 5.98. The number of amides is 2. The van der Waals surface area contributed by atoms with Crippen molar-refractivity contribution >= 4 is 23.0 Å². The van der Waals surface area contributed by atoms with Gasteiger partial charge in [-0.1, -0.05) is 6.07 Å². The number of fused-ring (bicyclic) bond motifs is 1. The molecule has 6 rings (SSSR count). The first-order valence-electron chi connectivity index (χ1n) is 12.7. The summed E-state index contributed by atoms with van der Waals surface area (Å²) >= 11 is 0. The molecule has 43 heavy (non-hydrogen) atoms. The number of benzene rings is 4. The summed E-state index contributed by atoms with van der Waals surface area (Å²) in [5, 5.41) is 4.04. The Morgan fingerprint density at radius 1 is 0.837 bits per heavy atom. The number of ether oxygens (including phenoxy) is 4. The second-order valence-corrected chi connectivity index (χ2v) is 9.29. The van der Waals surface area contributed by atoms with Gasteiger partial charge in [0, 0.05) is 11.3 Å². The average molecular weight is 597 g/mol. The van der Waals surface area contributed by atoms with Crippen molar-refractivity contribution in [2.45, 2.75) is 12.9 Å². The molecule has 2 heterocycles. The Bertz CT molecular complexity index is 1680. The van der Waals surface area contributed by atoms with Crippen molar-refractivity contribution in [2.75, 3.05) is 11.9 Å². The van der Waals surface area contributed by atoms with Crippen LogP contribution in [0.2, 0.25) is 0 Å². The summed E-state index contributed by atoms with van der Waals surface area (Å²) in [7, 11) is 0. The van der Waals surface area contributed by atoms with Crippen LogP contribution in [-0.4, -0.2) is 30.5 Å². The molecule has 4 aromatic rings. The van der Waals surface area contributed by atoms with Gasteiger partial charge in [0.2, 0.25) is 0 Å². The highest BCUT2D eigenvalue weighted by Gasteiger charge is 2.43. The molecule has 0 spiro atoms. The summed E-state index contributed by atoms with van der Waals surface area (Å²) in [6.07, 6.45) is -3.79. The van der Waals surface area contributed by atoms with E-state index in [1.54, 1.807) is 30.3 Å². The summed E-state index contributed by atoms with van der Waals surface area (Å²) in [6, 6.07) is 21.4. The summed E-state index contributed by atoms with van der Waals surface area (Å²) < 4.78 is 84.5. The van der Waals surface area contributed by atoms with Crippen LogP contribution in [0.5, 0.6) is 28.7 Å². The molecule has 2 aliphatic heterocycles. The fraction of sp³-hybridized carbons (Fsp3) is 0.100. The lowest BCUT2D eigenvalue weighted by Crippen LogP contribution is -2.40. The van der Waals surface area contributed by atoms with E-state index in [1.165, 1.54) is 65.7 Å². The SMILES string of the molecule is O=C(Nc1ccc(Oc2ccc(OC(F)F)cc2)cc1)N1CC(c2ccc3c(c2)OC(F)(F)O3)=C(c2ccc(F)cc2)N1. The number of carbonyl (C=O) groups is 1. The molecule has 8 nitrogen and oxygen atoms in total. The van der Waals surface area contributed by atoms with Gasteiger partial charge in [-0.25, -0.2) is 14.2 Å². The third-order valence-corrected chi connectivity index (χ3v) is 6.38. The van der Waals surface area contributed by atoms with Crippen LogP contribution in [-0.2, 0) is 0 Å². The minimum atomic E-state index is -3.79. The maximum atomic E-state index is 13.6. The predicted octanol–water partition coefficient (Wildman–Crippen LogP) is 7.46. The van der Waals surface area contributed by atoms with Crippen molar-refractivity contribution in [2.24, 2.45) is 0 Å². The Morgan fingerprint density at radius 2 is 1.44 bits per heavy atom. The Balaban J connectivity index is 1.16. The van der Waals surface area contributed by atoms with Gasteiger partial charge in [-0.15, -0.1) is 8.78 Å². The smallest absolute Gasteiger partial charge is 0.457 e. The van der Waals surface area contributed by atoms with Gasteiger partial charge in [-0.2, -0.15) is 8.78 Å². The third kappa shape index (κ3) is 6.25. The Labute approximate surface area is 240 Å². The van der Waals surface area contributed by atoms with Crippen molar-refractivity contribution in [1.29, 1.82) is 0 Å². The highest BCUT2D eigenvalue weighted by Crippen LogP contribution is 2.43. The van der Waals surface area contributed by atoms with Crippen LogP contribution >= 0.6 is 0 Å². The molecule has 2 aliphatic rings. The maximum Gasteiger partial charge on any atom is 0.586 e. The van der Waals surface area contributed by atoms with Crippen LogP contribution in [0.1, 0.15) is 11.1 Å². The number of alkyl halides is 4. The minimum absolute atomic E-state index is 0.00348. The number of halogens is 5. The molecular weight excluding hydrogens is 577 g/mol. The maximum absolute atomic E-state index is 13.6. The lowest BCUT2D eigenvalue weighted by Gasteiger charge is -2.19. The predicted molar refractivity (Wildman–Crippen MR) is 144 cm³/mol. The monoisotopic (exact) mass is 597 g/mol. The van der Waals surface area contributed by atoms with Crippen LogP contribution in [0.15, 0.2) is 91.0 Å². The number of hydrogen-bond acceptors (Lipinski definition) is 6. The van der Waals surface area contributed by atoms with Gasteiger partial charge in [0.15, 0.2) is 11.5 Å². The van der Waals surface area contributed by atoms with E-state index in [2.05, 4.69) is 25.0 Å². The van der Waals surface area contributed by atoms with Gasteiger partial charge in [0.1, 0.15) is 23.1 Å². The van der Waals surface area contributed by atoms with Gasteiger partial charge >= 0.3 is 18.9 Å². The molecule has 220 valence electrons. The first-order chi connectivity index (χ1) is 20.6. The van der Waals surface area contributed by atoms with E-state index in [1.807, 2.05) is 0 Å². The largest absolute Gasteiger partial charge is 0.586 e. The Morgan fingerprint density at radius 3 is 2.12 bits per heavy atom. The number of rotatable bonds is 7. The van der Waals surface area contributed by atoms with Crippen LogP contribution in [0.4, 0.5) is 32.4 Å². The molecule has 13 heteroatoms. The van der Waals surface area contributed by atoms with E-state index in [-0.39, 0.29) is 23.8 Å². The van der Waals surface area contributed by atoms with E-state index in [4.69, 9.17) is 4.74 Å². The zero-order valence-electron chi connectivity index (χ0n) is 21.8. The number of anilines is 1. The van der Waals surface area contributed by atoms with Crippen LogP contribution in [0, 0.1) is 5.82 Å². The number of hydrazine groups is 1. The van der Waals surface area contributed by atoms with E-state index in [0.29, 0.717) is 39.6 Å². The molecule has 0 atom stereocenters. The van der Waals surface area contributed by atoms with Crippen LogP contribution in [0.25, 0.3) is 11.3 Å². The molecule has 0 fully saturated rings. The fourth-order valence-electron chi connectivity index (χ4n) is 4.45. The molecule has 0 radical (unpaired) electrons. The third-order valence-electron chi connectivity index (χ3n) is 6.38. The summed E-state index contributed by atoms with van der Waals surface area (Å²) in [4.78, 5) is 13.2. The molecule has 0 saturated heterocycles. The van der Waals surface area contributed by atoms with Crippen molar-refractivity contribution in [3.8, 4) is 28.7 Å².